The molecule has 0 aliphatic carbocycles. The number of unbranched alkanes of at least 4 members (excludes halogenated alkanes) is 1. The topological polar surface area (TPSA) is 49.4 Å². The number of nitrogens with one attached hydrogen (secondary N) is 1. The lowest BCUT2D eigenvalue weighted by Gasteiger charge is -2.24. The molecule has 0 radical (unpaired) electrons. The minimum atomic E-state index is -0.130. The molecule has 3 aromatic carbocycles. The van der Waals surface area contributed by atoms with E-state index >= 15 is 0 Å². The second-order valence-corrected chi connectivity index (χ2v) is 9.12. The number of carbonyl (C=O) groups is 2. The summed E-state index contributed by atoms with van der Waals surface area (Å²) in [6.45, 7) is 2.78. The molecule has 1 N–H and O–H groups in total. The number of rotatable bonds is 8. The normalized spacial score (nSPS) is 15.7. The van der Waals surface area contributed by atoms with Crippen LogP contribution in [0.5, 0.6) is 0 Å². The third kappa shape index (κ3) is 5.40. The second kappa shape index (κ2) is 10.5. The fraction of sp³-hybridized carbons (Fsp3) is 0.259. The van der Waals surface area contributed by atoms with E-state index in [9.17, 15) is 9.59 Å². The molecule has 1 aliphatic heterocycles. The Labute approximate surface area is 194 Å². The number of aryl methyl sites for hydroxylation is 1. The number of benzene rings is 3. The van der Waals surface area contributed by atoms with Crippen molar-refractivity contribution in [2.24, 2.45) is 0 Å². The maximum absolute atomic E-state index is 12.7. The van der Waals surface area contributed by atoms with Gasteiger partial charge in [0.2, 0.25) is 5.91 Å². The molecule has 1 heterocycles. The summed E-state index contributed by atoms with van der Waals surface area (Å²) in [4.78, 5) is 27.1. The van der Waals surface area contributed by atoms with Gasteiger partial charge >= 0.3 is 0 Å². The van der Waals surface area contributed by atoms with Crippen LogP contribution in [0.3, 0.4) is 0 Å². The molecule has 3 aromatic rings. The van der Waals surface area contributed by atoms with Gasteiger partial charge in [-0.05, 0) is 53.8 Å². The number of carbonyl (C=O) groups excluding carboxylic acids is 2. The van der Waals surface area contributed by atoms with Crippen LogP contribution in [0, 0.1) is 0 Å². The molecular formula is C27H28N2O2S. The van der Waals surface area contributed by atoms with Crippen LogP contribution < -0.4 is 5.32 Å². The predicted octanol–water partition coefficient (Wildman–Crippen LogP) is 6.06. The van der Waals surface area contributed by atoms with Crippen LogP contribution in [-0.4, -0.2) is 22.5 Å². The fourth-order valence-corrected chi connectivity index (χ4v) is 5.01. The van der Waals surface area contributed by atoms with Crippen molar-refractivity contribution >= 4 is 29.3 Å². The average molecular weight is 445 g/mol. The van der Waals surface area contributed by atoms with Gasteiger partial charge < -0.3 is 10.2 Å². The number of hydrogen-bond donors (Lipinski definition) is 1. The van der Waals surface area contributed by atoms with E-state index in [4.69, 9.17) is 0 Å². The lowest BCUT2D eigenvalue weighted by molar-refractivity contribution is -0.128. The van der Waals surface area contributed by atoms with Crippen LogP contribution >= 0.6 is 11.8 Å². The van der Waals surface area contributed by atoms with Gasteiger partial charge in [0.15, 0.2) is 0 Å². The van der Waals surface area contributed by atoms with Crippen molar-refractivity contribution in [1.82, 2.24) is 4.90 Å². The van der Waals surface area contributed by atoms with Crippen LogP contribution in [0.25, 0.3) is 0 Å². The van der Waals surface area contributed by atoms with Crippen LogP contribution in [0.4, 0.5) is 5.69 Å². The molecule has 32 heavy (non-hydrogen) atoms. The number of amides is 2. The average Bonchev–Trinajstić information content (AvgIpc) is 3.19. The second-order valence-electron chi connectivity index (χ2n) is 8.05. The third-order valence-corrected chi connectivity index (χ3v) is 6.91. The van der Waals surface area contributed by atoms with Crippen molar-refractivity contribution in [3.05, 3.63) is 101 Å². The maximum atomic E-state index is 12.7. The number of nitrogens with zero attached hydrogens (tertiary/aromatic N) is 1. The van der Waals surface area contributed by atoms with E-state index < -0.39 is 0 Å². The van der Waals surface area contributed by atoms with E-state index in [0.29, 0.717) is 17.9 Å². The monoisotopic (exact) mass is 444 g/mol. The van der Waals surface area contributed by atoms with Gasteiger partial charge in [0.05, 0.1) is 5.75 Å². The Hall–Kier alpha value is -3.05. The Morgan fingerprint density at radius 2 is 1.69 bits per heavy atom. The number of hydrogen-bond acceptors (Lipinski definition) is 3. The molecule has 1 atom stereocenters. The van der Waals surface area contributed by atoms with E-state index in [2.05, 4.69) is 24.4 Å². The van der Waals surface area contributed by atoms with Crippen LogP contribution in [-0.2, 0) is 17.8 Å². The Kier molecular flexibility index (Phi) is 7.28. The highest BCUT2D eigenvalue weighted by atomic mass is 32.2. The predicted molar refractivity (Wildman–Crippen MR) is 132 cm³/mol. The van der Waals surface area contributed by atoms with E-state index in [-0.39, 0.29) is 17.2 Å². The first-order valence-corrected chi connectivity index (χ1v) is 12.1. The molecule has 164 valence electrons. The highest BCUT2D eigenvalue weighted by molar-refractivity contribution is 8.00. The largest absolute Gasteiger partial charge is 0.322 e. The first-order chi connectivity index (χ1) is 15.6. The van der Waals surface area contributed by atoms with E-state index in [1.165, 1.54) is 18.4 Å². The van der Waals surface area contributed by atoms with E-state index in [1.807, 2.05) is 71.6 Å². The molecule has 0 bridgehead atoms. The summed E-state index contributed by atoms with van der Waals surface area (Å²) in [5, 5.41) is 2.94. The zero-order valence-corrected chi connectivity index (χ0v) is 19.1. The van der Waals surface area contributed by atoms with Crippen molar-refractivity contribution in [1.29, 1.82) is 0 Å². The Morgan fingerprint density at radius 3 is 2.38 bits per heavy atom. The highest BCUT2D eigenvalue weighted by Gasteiger charge is 2.32. The molecule has 0 spiro atoms. The van der Waals surface area contributed by atoms with E-state index in [1.54, 1.807) is 11.8 Å². The molecule has 2 amide bonds. The fourth-order valence-electron chi connectivity index (χ4n) is 3.82. The molecule has 4 rings (SSSR count). The maximum Gasteiger partial charge on any atom is 0.255 e. The lowest BCUT2D eigenvalue weighted by atomic mass is 10.1. The van der Waals surface area contributed by atoms with Gasteiger partial charge in [-0.1, -0.05) is 67.9 Å². The quantitative estimate of drug-likeness (QED) is 0.460. The van der Waals surface area contributed by atoms with Gasteiger partial charge in [-0.2, -0.15) is 0 Å². The van der Waals surface area contributed by atoms with Crippen LogP contribution in [0.15, 0.2) is 78.9 Å². The van der Waals surface area contributed by atoms with Gasteiger partial charge in [-0.25, -0.2) is 0 Å². The van der Waals surface area contributed by atoms with Crippen molar-refractivity contribution < 1.29 is 9.59 Å². The molecule has 5 heteroatoms. The minimum Gasteiger partial charge on any atom is -0.322 e. The SMILES string of the molecule is CCCCc1ccc(NC(=O)c2ccc([C@H]3SCC(=O)N3Cc3ccccc3)cc2)cc1. The summed E-state index contributed by atoms with van der Waals surface area (Å²) < 4.78 is 0. The van der Waals surface area contributed by atoms with Crippen molar-refractivity contribution in [3.8, 4) is 0 Å². The van der Waals surface area contributed by atoms with Crippen LogP contribution in [0.1, 0.15) is 52.2 Å². The Bertz CT molecular complexity index is 1050. The Morgan fingerprint density at radius 1 is 0.969 bits per heavy atom. The summed E-state index contributed by atoms with van der Waals surface area (Å²) in [7, 11) is 0. The number of thioether (sulfide) groups is 1. The van der Waals surface area contributed by atoms with Gasteiger partial charge in [0.1, 0.15) is 5.37 Å². The van der Waals surface area contributed by atoms with Gasteiger partial charge in [-0.3, -0.25) is 9.59 Å². The summed E-state index contributed by atoms with van der Waals surface area (Å²) in [6.07, 6.45) is 3.41. The molecule has 4 nitrogen and oxygen atoms in total. The lowest BCUT2D eigenvalue weighted by Crippen LogP contribution is -2.27. The van der Waals surface area contributed by atoms with Crippen molar-refractivity contribution in [2.75, 3.05) is 11.1 Å². The van der Waals surface area contributed by atoms with Gasteiger partial charge in [0.25, 0.3) is 5.91 Å². The van der Waals surface area contributed by atoms with Crippen molar-refractivity contribution in [3.63, 3.8) is 0 Å². The highest BCUT2D eigenvalue weighted by Crippen LogP contribution is 2.39. The minimum absolute atomic E-state index is 0.0320. The third-order valence-electron chi connectivity index (χ3n) is 5.65. The molecule has 0 aromatic heterocycles. The summed E-state index contributed by atoms with van der Waals surface area (Å²) in [5.41, 5.74) is 4.84. The molecule has 1 fully saturated rings. The van der Waals surface area contributed by atoms with Gasteiger partial charge in [0, 0.05) is 17.8 Å². The summed E-state index contributed by atoms with van der Waals surface area (Å²) in [5.74, 6) is 0.496. The van der Waals surface area contributed by atoms with Crippen LogP contribution in [0.2, 0.25) is 0 Å². The Balaban J connectivity index is 1.40. The number of anilines is 1. The zero-order chi connectivity index (χ0) is 22.3. The summed E-state index contributed by atoms with van der Waals surface area (Å²) >= 11 is 1.63. The molecular weight excluding hydrogens is 416 g/mol. The first-order valence-electron chi connectivity index (χ1n) is 11.1. The molecule has 0 saturated carbocycles. The molecule has 1 saturated heterocycles. The zero-order valence-electron chi connectivity index (χ0n) is 18.3. The van der Waals surface area contributed by atoms with Gasteiger partial charge in [-0.15, -0.1) is 11.8 Å². The smallest absolute Gasteiger partial charge is 0.255 e. The standard InChI is InChI=1S/C27H28N2O2S/c1-2-3-7-20-10-16-24(17-11-20)28-26(31)22-12-14-23(15-13-22)27-29(25(30)19-32-27)18-21-8-5-4-6-9-21/h4-6,8-17,27H,2-3,7,18-19H2,1H3,(H,28,31)/t27-/m1/s1. The van der Waals surface area contributed by atoms with E-state index in [0.717, 1.165) is 23.2 Å². The molecule has 0 unspecified atom stereocenters. The van der Waals surface area contributed by atoms with Crippen molar-refractivity contribution in [2.45, 2.75) is 38.1 Å². The molecule has 1 aliphatic rings. The first kappa shape index (κ1) is 22.2. The summed E-state index contributed by atoms with van der Waals surface area (Å²) in [6, 6.07) is 25.7.